The lowest BCUT2D eigenvalue weighted by atomic mass is 10.2. The molecular weight excluding hydrogens is 272 g/mol. The fourth-order valence-electron chi connectivity index (χ4n) is 2.21. The lowest BCUT2D eigenvalue weighted by Crippen LogP contribution is -2.01. The molecule has 0 saturated carbocycles. The molecule has 0 aliphatic heterocycles. The Hall–Kier alpha value is -2.51. The number of nitrogens with two attached hydrogens (primary N) is 1. The summed E-state index contributed by atoms with van der Waals surface area (Å²) in [4.78, 5) is 4.31. The Balaban J connectivity index is 2.38. The van der Waals surface area contributed by atoms with E-state index >= 15 is 0 Å². The van der Waals surface area contributed by atoms with Crippen LogP contribution in [-0.2, 0) is 0 Å². The third-order valence-corrected chi connectivity index (χ3v) is 3.47. The number of nitriles is 1. The van der Waals surface area contributed by atoms with Gasteiger partial charge in [0.25, 0.3) is 0 Å². The number of aryl methyl sites for hydroxylation is 1. The summed E-state index contributed by atoms with van der Waals surface area (Å²) in [6.45, 7) is 1.98. The second kappa shape index (κ2) is 4.55. The molecule has 0 unspecified atom stereocenters. The molecular formula is C15H11ClN4. The van der Waals surface area contributed by atoms with Gasteiger partial charge in [-0.1, -0.05) is 17.7 Å². The first-order valence-corrected chi connectivity index (χ1v) is 6.42. The molecule has 0 fully saturated rings. The fourth-order valence-corrected chi connectivity index (χ4v) is 2.41. The van der Waals surface area contributed by atoms with Gasteiger partial charge >= 0.3 is 0 Å². The standard InChI is InChI=1S/C15H11ClN4/c1-9-2-4-11(16)13(6-9)20-14-7-10(8-17)3-5-12(14)19-15(20)18/h2-7H,1H3,(H2,18,19). The van der Waals surface area contributed by atoms with Crippen LogP contribution in [0.15, 0.2) is 36.4 Å². The van der Waals surface area contributed by atoms with E-state index in [4.69, 9.17) is 22.6 Å². The maximum atomic E-state index is 9.03. The van der Waals surface area contributed by atoms with Gasteiger partial charge < -0.3 is 5.73 Å². The number of fused-ring (bicyclic) bond motifs is 1. The van der Waals surface area contributed by atoms with Crippen molar-refractivity contribution in [1.82, 2.24) is 9.55 Å². The molecule has 98 valence electrons. The lowest BCUT2D eigenvalue weighted by Gasteiger charge is -2.09. The van der Waals surface area contributed by atoms with E-state index in [-0.39, 0.29) is 0 Å². The molecule has 0 saturated heterocycles. The van der Waals surface area contributed by atoms with Gasteiger partial charge in [-0.2, -0.15) is 5.26 Å². The molecule has 1 heterocycles. The van der Waals surface area contributed by atoms with E-state index in [9.17, 15) is 0 Å². The van der Waals surface area contributed by atoms with Gasteiger partial charge in [0, 0.05) is 0 Å². The topological polar surface area (TPSA) is 67.6 Å². The van der Waals surface area contributed by atoms with Crippen molar-refractivity contribution in [2.75, 3.05) is 5.73 Å². The molecule has 0 amide bonds. The van der Waals surface area contributed by atoms with Crippen LogP contribution in [-0.4, -0.2) is 9.55 Å². The Morgan fingerprint density at radius 1 is 1.25 bits per heavy atom. The number of nitrogen functional groups attached to an aromatic ring is 1. The zero-order chi connectivity index (χ0) is 14.3. The molecule has 5 heteroatoms. The van der Waals surface area contributed by atoms with Crippen molar-refractivity contribution in [2.24, 2.45) is 0 Å². The van der Waals surface area contributed by atoms with Crippen LogP contribution >= 0.6 is 11.6 Å². The third kappa shape index (κ3) is 1.89. The van der Waals surface area contributed by atoms with Gasteiger partial charge in [0.15, 0.2) is 0 Å². The first-order valence-electron chi connectivity index (χ1n) is 6.05. The molecule has 0 atom stereocenters. The minimum Gasteiger partial charge on any atom is -0.369 e. The van der Waals surface area contributed by atoms with Gasteiger partial charge in [-0.25, -0.2) is 4.98 Å². The largest absolute Gasteiger partial charge is 0.369 e. The van der Waals surface area contributed by atoms with Gasteiger partial charge in [0.05, 0.1) is 33.4 Å². The average Bonchev–Trinajstić information content (AvgIpc) is 2.76. The van der Waals surface area contributed by atoms with E-state index in [1.807, 2.05) is 25.1 Å². The van der Waals surface area contributed by atoms with Gasteiger partial charge in [-0.3, -0.25) is 4.57 Å². The van der Waals surface area contributed by atoms with Crippen molar-refractivity contribution in [3.05, 3.63) is 52.5 Å². The van der Waals surface area contributed by atoms with Crippen molar-refractivity contribution >= 4 is 28.6 Å². The quantitative estimate of drug-likeness (QED) is 0.743. The second-order valence-electron chi connectivity index (χ2n) is 4.58. The minimum atomic E-state index is 0.350. The number of hydrogen-bond acceptors (Lipinski definition) is 3. The van der Waals surface area contributed by atoms with Crippen molar-refractivity contribution in [3.8, 4) is 11.8 Å². The molecule has 0 radical (unpaired) electrons. The molecule has 4 nitrogen and oxygen atoms in total. The number of rotatable bonds is 1. The Morgan fingerprint density at radius 2 is 2.05 bits per heavy atom. The highest BCUT2D eigenvalue weighted by Crippen LogP contribution is 2.29. The number of aromatic nitrogens is 2. The molecule has 1 aromatic heterocycles. The van der Waals surface area contributed by atoms with Gasteiger partial charge in [0.1, 0.15) is 0 Å². The predicted molar refractivity (Wildman–Crippen MR) is 79.9 cm³/mol. The molecule has 0 aliphatic rings. The molecule has 20 heavy (non-hydrogen) atoms. The first kappa shape index (κ1) is 12.5. The maximum Gasteiger partial charge on any atom is 0.205 e. The van der Waals surface area contributed by atoms with Crippen molar-refractivity contribution in [3.63, 3.8) is 0 Å². The Morgan fingerprint density at radius 3 is 2.80 bits per heavy atom. The van der Waals surface area contributed by atoms with Crippen molar-refractivity contribution < 1.29 is 0 Å². The number of halogens is 1. The van der Waals surface area contributed by atoms with Crippen LogP contribution in [0.5, 0.6) is 0 Å². The summed E-state index contributed by atoms with van der Waals surface area (Å²) >= 11 is 6.26. The Bertz CT molecular complexity index is 858. The lowest BCUT2D eigenvalue weighted by molar-refractivity contribution is 1.10. The monoisotopic (exact) mass is 282 g/mol. The van der Waals surface area contributed by atoms with Crippen LogP contribution in [0.1, 0.15) is 11.1 Å². The number of nitrogens with zero attached hydrogens (tertiary/aromatic N) is 3. The van der Waals surface area contributed by atoms with Crippen LogP contribution in [0.3, 0.4) is 0 Å². The number of hydrogen-bond donors (Lipinski definition) is 1. The molecule has 0 spiro atoms. The molecule has 0 aliphatic carbocycles. The zero-order valence-corrected chi connectivity index (χ0v) is 11.5. The summed E-state index contributed by atoms with van der Waals surface area (Å²) in [5.74, 6) is 0.350. The van der Waals surface area contributed by atoms with Crippen LogP contribution in [0.2, 0.25) is 5.02 Å². The summed E-state index contributed by atoms with van der Waals surface area (Å²) in [5, 5.41) is 9.61. The van der Waals surface area contributed by atoms with Crippen molar-refractivity contribution in [1.29, 1.82) is 5.26 Å². The van der Waals surface area contributed by atoms with E-state index < -0.39 is 0 Å². The second-order valence-corrected chi connectivity index (χ2v) is 4.98. The molecule has 2 aromatic carbocycles. The average molecular weight is 283 g/mol. The van der Waals surface area contributed by atoms with Crippen LogP contribution in [0.4, 0.5) is 5.95 Å². The van der Waals surface area contributed by atoms with E-state index in [0.717, 1.165) is 22.3 Å². The van der Waals surface area contributed by atoms with E-state index in [1.54, 1.807) is 22.8 Å². The molecule has 3 rings (SSSR count). The van der Waals surface area contributed by atoms with Gasteiger partial charge in [-0.05, 0) is 42.8 Å². The molecule has 0 bridgehead atoms. The van der Waals surface area contributed by atoms with Crippen LogP contribution in [0.25, 0.3) is 16.7 Å². The predicted octanol–water partition coefficient (Wildman–Crippen LogP) is 3.44. The summed E-state index contributed by atoms with van der Waals surface area (Å²) in [7, 11) is 0. The smallest absolute Gasteiger partial charge is 0.205 e. The van der Waals surface area contributed by atoms with Gasteiger partial charge in [0.2, 0.25) is 5.95 Å². The van der Waals surface area contributed by atoms with Gasteiger partial charge in [-0.15, -0.1) is 0 Å². The Labute approximate surface area is 121 Å². The normalized spacial score (nSPS) is 10.7. The highest BCUT2D eigenvalue weighted by molar-refractivity contribution is 6.32. The molecule has 3 aromatic rings. The fraction of sp³-hybridized carbons (Fsp3) is 0.0667. The summed E-state index contributed by atoms with van der Waals surface area (Å²) in [5.41, 5.74) is 9.91. The van der Waals surface area contributed by atoms with Crippen molar-refractivity contribution in [2.45, 2.75) is 6.92 Å². The maximum absolute atomic E-state index is 9.03. The van der Waals surface area contributed by atoms with Crippen LogP contribution in [0, 0.1) is 18.3 Å². The number of imidazole rings is 1. The Kier molecular flexibility index (Phi) is 2.85. The number of anilines is 1. The number of benzene rings is 2. The highest BCUT2D eigenvalue weighted by Gasteiger charge is 2.13. The van der Waals surface area contributed by atoms with E-state index in [2.05, 4.69) is 11.1 Å². The summed E-state index contributed by atoms with van der Waals surface area (Å²) < 4.78 is 1.77. The minimum absolute atomic E-state index is 0.350. The third-order valence-electron chi connectivity index (χ3n) is 3.15. The summed E-state index contributed by atoms with van der Waals surface area (Å²) in [6, 6.07) is 13.1. The zero-order valence-electron chi connectivity index (χ0n) is 10.8. The van der Waals surface area contributed by atoms with E-state index in [1.165, 1.54) is 0 Å². The summed E-state index contributed by atoms with van der Waals surface area (Å²) in [6.07, 6.45) is 0. The molecule has 2 N–H and O–H groups in total. The SMILES string of the molecule is Cc1ccc(Cl)c(-n2c(N)nc3ccc(C#N)cc32)c1. The highest BCUT2D eigenvalue weighted by atomic mass is 35.5. The first-order chi connectivity index (χ1) is 9.60. The van der Waals surface area contributed by atoms with Crippen LogP contribution < -0.4 is 5.73 Å². The van der Waals surface area contributed by atoms with E-state index in [0.29, 0.717) is 16.5 Å².